The maximum absolute atomic E-state index is 13.0. The number of nitro groups is 1. The maximum Gasteiger partial charge on any atom is 0.323 e. The molecular weight excluding hydrogens is 448 g/mol. The van der Waals surface area contributed by atoms with Crippen LogP contribution in [0.4, 0.5) is 5.69 Å². The van der Waals surface area contributed by atoms with E-state index in [2.05, 4.69) is 0 Å². The van der Waals surface area contributed by atoms with Crippen molar-refractivity contribution in [2.45, 2.75) is 38.6 Å². The van der Waals surface area contributed by atoms with E-state index in [-0.39, 0.29) is 38.3 Å². The molecule has 0 fully saturated rings. The molecule has 8 heteroatoms. The zero-order valence-electron chi connectivity index (χ0n) is 19.5. The molecule has 0 saturated carbocycles. The van der Waals surface area contributed by atoms with Gasteiger partial charge in [-0.3, -0.25) is 24.6 Å². The lowest BCUT2D eigenvalue weighted by Gasteiger charge is -2.26. The number of ether oxygens (including phenoxy) is 2. The van der Waals surface area contributed by atoms with Gasteiger partial charge in [0.1, 0.15) is 19.3 Å². The van der Waals surface area contributed by atoms with E-state index in [9.17, 15) is 19.7 Å². The normalized spacial score (nSPS) is 11.6. The first-order chi connectivity index (χ1) is 16.9. The van der Waals surface area contributed by atoms with Crippen molar-refractivity contribution in [3.05, 3.63) is 112 Å². The second kappa shape index (κ2) is 13.0. The number of carbonyl (C=O) groups excluding carboxylic acids is 2. The van der Waals surface area contributed by atoms with Gasteiger partial charge >= 0.3 is 11.9 Å². The fourth-order valence-corrected chi connectivity index (χ4v) is 3.61. The van der Waals surface area contributed by atoms with Crippen LogP contribution in [0.15, 0.2) is 84.9 Å². The molecule has 8 nitrogen and oxygen atoms in total. The highest BCUT2D eigenvalue weighted by Crippen LogP contribution is 2.21. The Morgan fingerprint density at radius 3 is 2.00 bits per heavy atom. The van der Waals surface area contributed by atoms with Crippen molar-refractivity contribution in [2.24, 2.45) is 0 Å². The van der Waals surface area contributed by atoms with Crippen LogP contribution in [-0.2, 0) is 38.8 Å². The quantitative estimate of drug-likeness (QED) is 0.213. The minimum absolute atomic E-state index is 0.000833. The summed E-state index contributed by atoms with van der Waals surface area (Å²) in [5.74, 6) is -0.945. The second-order valence-electron chi connectivity index (χ2n) is 8.10. The predicted molar refractivity (Wildman–Crippen MR) is 130 cm³/mol. The number of nitrogens with zero attached hydrogens (tertiary/aromatic N) is 2. The molecule has 0 unspecified atom stereocenters. The van der Waals surface area contributed by atoms with E-state index in [0.717, 1.165) is 11.1 Å². The van der Waals surface area contributed by atoms with E-state index in [1.54, 1.807) is 30.1 Å². The average Bonchev–Trinajstić information content (AvgIpc) is 2.87. The summed E-state index contributed by atoms with van der Waals surface area (Å²) in [6, 6.07) is 24.2. The Morgan fingerprint density at radius 2 is 1.40 bits per heavy atom. The van der Waals surface area contributed by atoms with Crippen LogP contribution >= 0.6 is 0 Å². The van der Waals surface area contributed by atoms with Crippen molar-refractivity contribution < 1.29 is 24.0 Å². The Labute approximate surface area is 204 Å². The molecule has 0 heterocycles. The topological polar surface area (TPSA) is 99.0 Å². The van der Waals surface area contributed by atoms with Crippen LogP contribution in [0.5, 0.6) is 0 Å². The molecule has 0 N–H and O–H groups in total. The fraction of sp³-hybridized carbons (Fsp3) is 0.259. The lowest BCUT2D eigenvalue weighted by molar-refractivity contribution is -0.385. The number of carbonyl (C=O) groups is 2. The lowest BCUT2D eigenvalue weighted by atomic mass is 10.1. The van der Waals surface area contributed by atoms with Crippen molar-refractivity contribution in [3.63, 3.8) is 0 Å². The number of esters is 2. The Balaban J connectivity index is 1.66. The fourth-order valence-electron chi connectivity index (χ4n) is 3.61. The third kappa shape index (κ3) is 8.04. The Morgan fingerprint density at radius 1 is 0.857 bits per heavy atom. The van der Waals surface area contributed by atoms with E-state index < -0.39 is 22.9 Å². The molecule has 3 rings (SSSR count). The Hall–Kier alpha value is -4.04. The Kier molecular flexibility index (Phi) is 9.50. The smallest absolute Gasteiger partial charge is 0.323 e. The summed E-state index contributed by atoms with van der Waals surface area (Å²) in [7, 11) is 1.68. The van der Waals surface area contributed by atoms with Crippen LogP contribution in [0.25, 0.3) is 0 Å². The third-order valence-electron chi connectivity index (χ3n) is 5.50. The van der Waals surface area contributed by atoms with Crippen LogP contribution in [0, 0.1) is 10.1 Å². The molecule has 0 amide bonds. The SMILES string of the molecule is CN(Cc1ccccc1[N+](=O)[O-])[C@@H](CCC(=O)OCc1ccccc1)C(=O)OCc1ccccc1. The van der Waals surface area contributed by atoms with Gasteiger partial charge in [-0.05, 0) is 24.6 Å². The molecule has 0 radical (unpaired) electrons. The molecule has 0 aliphatic heterocycles. The molecule has 35 heavy (non-hydrogen) atoms. The van der Waals surface area contributed by atoms with Crippen LogP contribution in [0.3, 0.4) is 0 Å². The number of para-hydroxylation sites is 1. The largest absolute Gasteiger partial charge is 0.461 e. The minimum Gasteiger partial charge on any atom is -0.461 e. The predicted octanol–water partition coefficient (Wildman–Crippen LogP) is 4.66. The summed E-state index contributed by atoms with van der Waals surface area (Å²) in [5.41, 5.74) is 2.14. The highest BCUT2D eigenvalue weighted by atomic mass is 16.6. The highest BCUT2D eigenvalue weighted by molar-refractivity contribution is 5.77. The first-order valence-corrected chi connectivity index (χ1v) is 11.3. The molecule has 0 spiro atoms. The van der Waals surface area contributed by atoms with E-state index in [0.29, 0.717) is 5.56 Å². The second-order valence-corrected chi connectivity index (χ2v) is 8.10. The molecular formula is C27H28N2O6. The summed E-state index contributed by atoms with van der Waals surface area (Å²) in [6.07, 6.45) is 0.150. The Bertz CT molecular complexity index is 1120. The molecule has 0 aliphatic rings. The van der Waals surface area contributed by atoms with Crippen molar-refractivity contribution in [1.29, 1.82) is 0 Å². The molecule has 182 valence electrons. The van der Waals surface area contributed by atoms with Crippen molar-refractivity contribution in [3.8, 4) is 0 Å². The van der Waals surface area contributed by atoms with Crippen LogP contribution in [0.1, 0.15) is 29.5 Å². The minimum atomic E-state index is -0.789. The van der Waals surface area contributed by atoms with Gasteiger partial charge in [-0.1, -0.05) is 78.9 Å². The van der Waals surface area contributed by atoms with Gasteiger partial charge in [0, 0.05) is 24.6 Å². The molecule has 0 bridgehead atoms. The lowest BCUT2D eigenvalue weighted by Crippen LogP contribution is -2.39. The van der Waals surface area contributed by atoms with Gasteiger partial charge in [0.2, 0.25) is 0 Å². The van der Waals surface area contributed by atoms with Crippen LogP contribution in [-0.4, -0.2) is 34.9 Å². The molecule has 3 aromatic rings. The molecule has 3 aromatic carbocycles. The maximum atomic E-state index is 13.0. The number of hydrogen-bond donors (Lipinski definition) is 0. The van der Waals surface area contributed by atoms with Gasteiger partial charge in [0.05, 0.1) is 4.92 Å². The van der Waals surface area contributed by atoms with Gasteiger partial charge < -0.3 is 9.47 Å². The summed E-state index contributed by atoms with van der Waals surface area (Å²) >= 11 is 0. The third-order valence-corrected chi connectivity index (χ3v) is 5.50. The summed E-state index contributed by atoms with van der Waals surface area (Å²) in [6.45, 7) is 0.379. The van der Waals surface area contributed by atoms with E-state index in [1.165, 1.54) is 6.07 Å². The first kappa shape index (κ1) is 25.6. The van der Waals surface area contributed by atoms with Gasteiger partial charge in [0.25, 0.3) is 5.69 Å². The van der Waals surface area contributed by atoms with Gasteiger partial charge in [-0.15, -0.1) is 0 Å². The highest BCUT2D eigenvalue weighted by Gasteiger charge is 2.28. The number of benzene rings is 3. The van der Waals surface area contributed by atoms with Gasteiger partial charge in [0.15, 0.2) is 0 Å². The monoisotopic (exact) mass is 476 g/mol. The summed E-state index contributed by atoms with van der Waals surface area (Å²) < 4.78 is 10.9. The van der Waals surface area contributed by atoms with Crippen LogP contribution < -0.4 is 0 Å². The number of likely N-dealkylation sites (N-methyl/N-ethyl adjacent to an activating group) is 1. The average molecular weight is 477 g/mol. The number of hydrogen-bond acceptors (Lipinski definition) is 7. The zero-order valence-corrected chi connectivity index (χ0v) is 19.5. The number of nitro benzene ring substituents is 1. The van der Waals surface area contributed by atoms with E-state index >= 15 is 0 Å². The summed E-state index contributed by atoms with van der Waals surface area (Å²) in [5, 5.41) is 11.4. The van der Waals surface area contributed by atoms with E-state index in [4.69, 9.17) is 9.47 Å². The van der Waals surface area contributed by atoms with Crippen molar-refractivity contribution in [1.82, 2.24) is 4.90 Å². The molecule has 1 atom stereocenters. The first-order valence-electron chi connectivity index (χ1n) is 11.3. The molecule has 0 aromatic heterocycles. The van der Waals surface area contributed by atoms with E-state index in [1.807, 2.05) is 60.7 Å². The number of rotatable bonds is 12. The molecule has 0 saturated heterocycles. The van der Waals surface area contributed by atoms with Crippen molar-refractivity contribution in [2.75, 3.05) is 7.05 Å². The van der Waals surface area contributed by atoms with Crippen LogP contribution in [0.2, 0.25) is 0 Å². The van der Waals surface area contributed by atoms with Gasteiger partial charge in [-0.2, -0.15) is 0 Å². The standard InChI is InChI=1S/C27H28N2O6/c1-28(18-23-14-8-9-15-24(23)29(32)33)25(27(31)35-20-22-12-6-3-7-13-22)16-17-26(30)34-19-21-10-4-2-5-11-21/h2-15,25H,16-20H2,1H3/t25-/m0/s1. The van der Waals surface area contributed by atoms with Crippen molar-refractivity contribution >= 4 is 17.6 Å². The summed E-state index contributed by atoms with van der Waals surface area (Å²) in [4.78, 5) is 38.0. The zero-order chi connectivity index (χ0) is 25.0. The van der Waals surface area contributed by atoms with Gasteiger partial charge in [-0.25, -0.2) is 0 Å². The molecule has 0 aliphatic carbocycles.